The predicted molar refractivity (Wildman–Crippen MR) is 109 cm³/mol. The van der Waals surface area contributed by atoms with Gasteiger partial charge in [0.25, 0.3) is 0 Å². The monoisotopic (exact) mass is 405 g/mol. The first-order chi connectivity index (χ1) is 14.6. The van der Waals surface area contributed by atoms with Gasteiger partial charge in [0.1, 0.15) is 13.2 Å². The largest absolute Gasteiger partial charge is 0.481 e. The van der Waals surface area contributed by atoms with Gasteiger partial charge in [-0.1, -0.05) is 48.5 Å². The third-order valence-corrected chi connectivity index (χ3v) is 4.92. The average Bonchev–Trinajstić information content (AvgIpc) is 3.09. The average molecular weight is 405 g/mol. The second-order valence-electron chi connectivity index (χ2n) is 6.68. The Kier molecular flexibility index (Phi) is 5.30. The van der Waals surface area contributed by atoms with Gasteiger partial charge in [-0.05, 0) is 22.3 Å². The second kappa shape index (κ2) is 8.20. The molecule has 8 heteroatoms. The SMILES string of the molecule is COc1ccnc(N(CC(=O)O)C(=O)OCC2c3ccccc3-c3ccccc32)n1. The van der Waals surface area contributed by atoms with Crippen LogP contribution < -0.4 is 9.64 Å². The van der Waals surface area contributed by atoms with Crippen molar-refractivity contribution in [3.05, 3.63) is 71.9 Å². The van der Waals surface area contributed by atoms with Gasteiger partial charge in [-0.3, -0.25) is 4.79 Å². The Bertz CT molecular complexity index is 1060. The highest BCUT2D eigenvalue weighted by Crippen LogP contribution is 2.44. The molecule has 0 unspecified atom stereocenters. The van der Waals surface area contributed by atoms with E-state index < -0.39 is 18.6 Å². The van der Waals surface area contributed by atoms with Crippen LogP contribution in [0.2, 0.25) is 0 Å². The van der Waals surface area contributed by atoms with Crippen LogP contribution in [-0.4, -0.2) is 47.4 Å². The standard InChI is InChI=1S/C22H19N3O5/c1-29-19-10-11-23-21(24-19)25(12-20(26)27)22(28)30-13-18-16-8-4-2-6-14(16)15-7-3-5-9-17(15)18/h2-11,18H,12-13H2,1H3,(H,26,27). The number of carbonyl (C=O) groups excluding carboxylic acids is 1. The van der Waals surface area contributed by atoms with E-state index in [0.29, 0.717) is 0 Å². The van der Waals surface area contributed by atoms with Crippen LogP contribution in [0.25, 0.3) is 11.1 Å². The van der Waals surface area contributed by atoms with Gasteiger partial charge in [0.2, 0.25) is 11.8 Å². The van der Waals surface area contributed by atoms with E-state index in [2.05, 4.69) is 9.97 Å². The molecule has 0 saturated carbocycles. The first-order valence-corrected chi connectivity index (χ1v) is 9.30. The molecule has 1 N–H and O–H groups in total. The quantitative estimate of drug-likeness (QED) is 0.671. The Balaban J connectivity index is 1.57. The Morgan fingerprint density at radius 3 is 2.27 bits per heavy atom. The number of aromatic nitrogens is 2. The zero-order valence-electron chi connectivity index (χ0n) is 16.2. The van der Waals surface area contributed by atoms with E-state index in [0.717, 1.165) is 27.2 Å². The van der Waals surface area contributed by atoms with Crippen molar-refractivity contribution in [2.75, 3.05) is 25.2 Å². The Morgan fingerprint density at radius 1 is 1.03 bits per heavy atom. The van der Waals surface area contributed by atoms with Crippen LogP contribution in [-0.2, 0) is 9.53 Å². The van der Waals surface area contributed by atoms with E-state index in [1.807, 2.05) is 48.5 Å². The number of fused-ring (bicyclic) bond motifs is 3. The van der Waals surface area contributed by atoms with Crippen molar-refractivity contribution in [2.24, 2.45) is 0 Å². The van der Waals surface area contributed by atoms with Crippen LogP contribution in [0.5, 0.6) is 5.88 Å². The summed E-state index contributed by atoms with van der Waals surface area (Å²) in [5, 5.41) is 9.22. The molecule has 0 radical (unpaired) electrons. The summed E-state index contributed by atoms with van der Waals surface area (Å²) in [6.45, 7) is -0.573. The summed E-state index contributed by atoms with van der Waals surface area (Å²) >= 11 is 0. The van der Waals surface area contributed by atoms with E-state index in [1.54, 1.807) is 0 Å². The summed E-state index contributed by atoms with van der Waals surface area (Å²) in [5.41, 5.74) is 4.34. The predicted octanol–water partition coefficient (Wildman–Crippen LogP) is 3.33. The molecule has 0 atom stereocenters. The van der Waals surface area contributed by atoms with Crippen LogP contribution in [0.15, 0.2) is 60.8 Å². The molecule has 4 rings (SSSR count). The van der Waals surface area contributed by atoms with Crippen LogP contribution >= 0.6 is 0 Å². The summed E-state index contributed by atoms with van der Waals surface area (Å²) in [6, 6.07) is 17.4. The molecule has 1 amide bonds. The van der Waals surface area contributed by atoms with E-state index in [-0.39, 0.29) is 24.4 Å². The van der Waals surface area contributed by atoms with Gasteiger partial charge in [0.15, 0.2) is 0 Å². The molecule has 0 saturated heterocycles. The topological polar surface area (TPSA) is 102 Å². The molecule has 2 aromatic carbocycles. The van der Waals surface area contributed by atoms with E-state index in [4.69, 9.17) is 9.47 Å². The number of hydrogen-bond acceptors (Lipinski definition) is 6. The first kappa shape index (κ1) is 19.4. The number of methoxy groups -OCH3 is 1. The number of rotatable bonds is 6. The molecule has 1 aliphatic rings. The number of ether oxygens (including phenoxy) is 2. The Labute approximate surface area is 172 Å². The maximum absolute atomic E-state index is 12.8. The number of carboxylic acids is 1. The summed E-state index contributed by atoms with van der Waals surface area (Å²) in [6.07, 6.45) is 0.541. The summed E-state index contributed by atoms with van der Waals surface area (Å²) in [4.78, 5) is 33.0. The van der Waals surface area contributed by atoms with Gasteiger partial charge < -0.3 is 14.6 Å². The number of anilines is 1. The molecule has 0 bridgehead atoms. The zero-order valence-corrected chi connectivity index (χ0v) is 16.2. The molecule has 30 heavy (non-hydrogen) atoms. The number of benzene rings is 2. The van der Waals surface area contributed by atoms with Crippen LogP contribution in [0, 0.1) is 0 Å². The number of aliphatic carboxylic acids is 1. The van der Waals surface area contributed by atoms with Crippen molar-refractivity contribution in [3.8, 4) is 17.0 Å². The number of amides is 1. The van der Waals surface area contributed by atoms with Crippen molar-refractivity contribution in [2.45, 2.75) is 5.92 Å². The number of hydrogen-bond donors (Lipinski definition) is 1. The summed E-state index contributed by atoms with van der Waals surface area (Å²) < 4.78 is 10.6. The van der Waals surface area contributed by atoms with E-state index in [9.17, 15) is 14.7 Å². The fraction of sp³-hybridized carbons (Fsp3) is 0.182. The Morgan fingerprint density at radius 2 is 1.67 bits per heavy atom. The molecule has 0 spiro atoms. The molecule has 1 aromatic heterocycles. The zero-order chi connectivity index (χ0) is 21.1. The molecule has 0 fully saturated rings. The van der Waals surface area contributed by atoms with Gasteiger partial charge >= 0.3 is 12.1 Å². The van der Waals surface area contributed by atoms with Crippen molar-refractivity contribution >= 4 is 18.0 Å². The molecule has 152 valence electrons. The first-order valence-electron chi connectivity index (χ1n) is 9.30. The lowest BCUT2D eigenvalue weighted by molar-refractivity contribution is -0.135. The van der Waals surface area contributed by atoms with Crippen LogP contribution in [0.3, 0.4) is 0 Å². The molecule has 3 aromatic rings. The van der Waals surface area contributed by atoms with Gasteiger partial charge in [-0.2, -0.15) is 4.98 Å². The molecular weight excluding hydrogens is 386 g/mol. The maximum Gasteiger partial charge on any atom is 0.417 e. The van der Waals surface area contributed by atoms with Gasteiger partial charge in [-0.25, -0.2) is 14.7 Å². The van der Waals surface area contributed by atoms with Gasteiger partial charge in [0.05, 0.1) is 7.11 Å². The van der Waals surface area contributed by atoms with E-state index >= 15 is 0 Å². The number of nitrogens with zero attached hydrogens (tertiary/aromatic N) is 3. The van der Waals surface area contributed by atoms with Gasteiger partial charge in [-0.15, -0.1) is 0 Å². The normalized spacial score (nSPS) is 12.0. The highest BCUT2D eigenvalue weighted by atomic mass is 16.6. The molecule has 1 aliphatic carbocycles. The highest BCUT2D eigenvalue weighted by molar-refractivity contribution is 5.91. The third kappa shape index (κ3) is 3.67. The summed E-state index contributed by atoms with van der Waals surface area (Å²) in [7, 11) is 1.42. The minimum Gasteiger partial charge on any atom is -0.481 e. The maximum atomic E-state index is 12.8. The minimum atomic E-state index is -1.21. The Hall–Kier alpha value is -3.94. The molecule has 0 aliphatic heterocycles. The van der Waals surface area contributed by atoms with E-state index in [1.165, 1.54) is 19.4 Å². The van der Waals surface area contributed by atoms with Gasteiger partial charge in [0, 0.05) is 18.2 Å². The van der Waals surface area contributed by atoms with Crippen molar-refractivity contribution in [3.63, 3.8) is 0 Å². The lowest BCUT2D eigenvalue weighted by atomic mass is 9.98. The van der Waals surface area contributed by atoms with Crippen LogP contribution in [0.4, 0.5) is 10.7 Å². The molecular formula is C22H19N3O5. The fourth-order valence-electron chi connectivity index (χ4n) is 3.60. The second-order valence-corrected chi connectivity index (χ2v) is 6.68. The van der Waals surface area contributed by atoms with Crippen molar-refractivity contribution in [1.82, 2.24) is 9.97 Å². The third-order valence-electron chi connectivity index (χ3n) is 4.92. The fourth-order valence-corrected chi connectivity index (χ4v) is 3.60. The number of carbonyl (C=O) groups is 2. The van der Waals surface area contributed by atoms with Crippen molar-refractivity contribution < 1.29 is 24.2 Å². The number of carboxylic acid groups (broad SMARTS) is 1. The highest BCUT2D eigenvalue weighted by Gasteiger charge is 2.31. The minimum absolute atomic E-state index is 0.0624. The molecule has 8 nitrogen and oxygen atoms in total. The molecule has 1 heterocycles. The van der Waals surface area contributed by atoms with Crippen LogP contribution in [0.1, 0.15) is 17.0 Å². The van der Waals surface area contributed by atoms with Crippen molar-refractivity contribution in [1.29, 1.82) is 0 Å². The summed E-state index contributed by atoms with van der Waals surface area (Å²) in [5.74, 6) is -1.25. The smallest absolute Gasteiger partial charge is 0.417 e. The lowest BCUT2D eigenvalue weighted by Crippen LogP contribution is -2.38. The lowest BCUT2D eigenvalue weighted by Gasteiger charge is -2.20.